The molecule has 7 heteroatoms. The number of hydrogen-bond acceptors (Lipinski definition) is 3. The van der Waals surface area contributed by atoms with E-state index in [1.807, 2.05) is 0 Å². The van der Waals surface area contributed by atoms with Crippen LogP contribution in [-0.2, 0) is 6.18 Å². The highest BCUT2D eigenvalue weighted by Crippen LogP contribution is 2.29. The van der Waals surface area contributed by atoms with E-state index < -0.39 is 17.6 Å². The molecule has 1 N–H and O–H groups in total. The highest BCUT2D eigenvalue weighted by Gasteiger charge is 2.30. The Morgan fingerprint density at radius 2 is 1.83 bits per heavy atom. The van der Waals surface area contributed by atoms with Gasteiger partial charge in [-0.05, 0) is 36.4 Å². The van der Waals surface area contributed by atoms with Crippen LogP contribution in [0.3, 0.4) is 0 Å². The lowest BCUT2D eigenvalue weighted by Gasteiger charge is -2.09. The number of rotatable bonds is 3. The summed E-state index contributed by atoms with van der Waals surface area (Å²) in [7, 11) is 0. The minimum atomic E-state index is -4.43. The molecule has 0 saturated heterocycles. The molecule has 122 valence electrons. The summed E-state index contributed by atoms with van der Waals surface area (Å²) in [5.41, 5.74) is 0.547. The van der Waals surface area contributed by atoms with Gasteiger partial charge in [-0.2, -0.15) is 13.2 Å². The van der Waals surface area contributed by atoms with E-state index >= 15 is 0 Å². The van der Waals surface area contributed by atoms with Crippen LogP contribution >= 0.6 is 0 Å². The first-order chi connectivity index (χ1) is 11.4. The zero-order valence-corrected chi connectivity index (χ0v) is 12.2. The summed E-state index contributed by atoms with van der Waals surface area (Å²) in [6.45, 7) is 0. The lowest BCUT2D eigenvalue weighted by Crippen LogP contribution is -2.12. The lowest BCUT2D eigenvalue weighted by molar-refractivity contribution is -0.137. The Morgan fingerprint density at radius 1 is 1.08 bits per heavy atom. The Morgan fingerprint density at radius 3 is 2.46 bits per heavy atom. The molecule has 0 unspecified atom stereocenters. The fraction of sp³-hybridized carbons (Fsp3) is 0.0588. The highest BCUT2D eigenvalue weighted by atomic mass is 19.4. The van der Waals surface area contributed by atoms with E-state index in [0.29, 0.717) is 11.4 Å². The number of halogens is 3. The van der Waals surface area contributed by atoms with Crippen molar-refractivity contribution in [3.05, 3.63) is 72.2 Å². The van der Waals surface area contributed by atoms with E-state index in [4.69, 9.17) is 4.42 Å². The number of nitrogens with one attached hydrogen (secondary N) is 1. The third-order valence-electron chi connectivity index (χ3n) is 3.31. The van der Waals surface area contributed by atoms with Gasteiger partial charge in [0.1, 0.15) is 0 Å². The molecular weight excluding hydrogens is 321 g/mol. The quantitative estimate of drug-likeness (QED) is 0.762. The molecule has 1 amide bonds. The van der Waals surface area contributed by atoms with Crippen molar-refractivity contribution in [1.29, 1.82) is 0 Å². The second kappa shape index (κ2) is 6.19. The summed E-state index contributed by atoms with van der Waals surface area (Å²) in [5, 5.41) is 2.64. The van der Waals surface area contributed by atoms with Gasteiger partial charge in [0, 0.05) is 16.8 Å². The van der Waals surface area contributed by atoms with Crippen molar-refractivity contribution >= 4 is 11.6 Å². The SMILES string of the molecule is O=C(Nc1cccc(-c2cnco2)c1)c1ccc(C(F)(F)F)cc1. The fourth-order valence-corrected chi connectivity index (χ4v) is 2.12. The molecule has 0 aliphatic rings. The van der Waals surface area contributed by atoms with Crippen LogP contribution in [0, 0.1) is 0 Å². The van der Waals surface area contributed by atoms with Crippen LogP contribution < -0.4 is 5.32 Å². The number of oxazole rings is 1. The van der Waals surface area contributed by atoms with Crippen LogP contribution in [-0.4, -0.2) is 10.9 Å². The zero-order valence-electron chi connectivity index (χ0n) is 12.2. The second-order valence-electron chi connectivity index (χ2n) is 4.98. The van der Waals surface area contributed by atoms with E-state index in [1.165, 1.54) is 12.6 Å². The average molecular weight is 332 g/mol. The molecule has 0 aliphatic heterocycles. The zero-order chi connectivity index (χ0) is 17.2. The summed E-state index contributed by atoms with van der Waals surface area (Å²) in [4.78, 5) is 16.0. The van der Waals surface area contributed by atoms with Gasteiger partial charge in [-0.3, -0.25) is 4.79 Å². The van der Waals surface area contributed by atoms with E-state index in [1.54, 1.807) is 24.3 Å². The van der Waals surface area contributed by atoms with Gasteiger partial charge in [0.05, 0.1) is 11.8 Å². The highest BCUT2D eigenvalue weighted by molar-refractivity contribution is 6.04. The van der Waals surface area contributed by atoms with Gasteiger partial charge in [0.2, 0.25) is 0 Å². The van der Waals surface area contributed by atoms with E-state index in [0.717, 1.165) is 29.8 Å². The van der Waals surface area contributed by atoms with E-state index in [2.05, 4.69) is 10.3 Å². The Bertz CT molecular complexity index is 841. The molecule has 0 spiro atoms. The molecule has 1 aromatic heterocycles. The van der Waals surface area contributed by atoms with Crippen molar-refractivity contribution in [2.24, 2.45) is 0 Å². The number of hydrogen-bond donors (Lipinski definition) is 1. The predicted octanol–water partition coefficient (Wildman–Crippen LogP) is 4.61. The van der Waals surface area contributed by atoms with Crippen molar-refractivity contribution in [3.8, 4) is 11.3 Å². The first-order valence-electron chi connectivity index (χ1n) is 6.91. The predicted molar refractivity (Wildman–Crippen MR) is 81.3 cm³/mol. The van der Waals surface area contributed by atoms with Gasteiger partial charge in [0.15, 0.2) is 12.2 Å². The smallest absolute Gasteiger partial charge is 0.416 e. The fourth-order valence-electron chi connectivity index (χ4n) is 2.12. The summed E-state index contributed by atoms with van der Waals surface area (Å²) >= 11 is 0. The van der Waals surface area contributed by atoms with Crippen LogP contribution in [0.1, 0.15) is 15.9 Å². The molecule has 2 aromatic carbocycles. The van der Waals surface area contributed by atoms with Gasteiger partial charge < -0.3 is 9.73 Å². The number of aromatic nitrogens is 1. The van der Waals surface area contributed by atoms with Gasteiger partial charge >= 0.3 is 6.18 Å². The molecule has 0 fully saturated rings. The number of benzene rings is 2. The molecule has 4 nitrogen and oxygen atoms in total. The maximum absolute atomic E-state index is 12.5. The van der Waals surface area contributed by atoms with Crippen LogP contribution in [0.2, 0.25) is 0 Å². The van der Waals surface area contributed by atoms with Gasteiger partial charge in [-0.1, -0.05) is 12.1 Å². The lowest BCUT2D eigenvalue weighted by atomic mass is 10.1. The maximum Gasteiger partial charge on any atom is 0.416 e. The van der Waals surface area contributed by atoms with Crippen molar-refractivity contribution < 1.29 is 22.4 Å². The average Bonchev–Trinajstić information content (AvgIpc) is 3.09. The summed E-state index contributed by atoms with van der Waals surface area (Å²) < 4.78 is 42.8. The van der Waals surface area contributed by atoms with E-state index in [9.17, 15) is 18.0 Å². The van der Waals surface area contributed by atoms with Gasteiger partial charge in [-0.25, -0.2) is 4.98 Å². The Balaban J connectivity index is 1.76. The Labute approximate surface area is 134 Å². The number of carbonyl (C=O) groups excluding carboxylic acids is 1. The number of alkyl halides is 3. The van der Waals surface area contributed by atoms with Crippen molar-refractivity contribution in [3.63, 3.8) is 0 Å². The van der Waals surface area contributed by atoms with Crippen molar-refractivity contribution in [2.45, 2.75) is 6.18 Å². The molecule has 0 saturated carbocycles. The minimum Gasteiger partial charge on any atom is -0.444 e. The van der Waals surface area contributed by atoms with Crippen LogP contribution in [0.4, 0.5) is 18.9 Å². The first kappa shape index (κ1) is 15.8. The number of anilines is 1. The maximum atomic E-state index is 12.5. The third kappa shape index (κ3) is 3.45. The minimum absolute atomic E-state index is 0.132. The van der Waals surface area contributed by atoms with Crippen molar-refractivity contribution in [1.82, 2.24) is 4.98 Å². The molecule has 0 bridgehead atoms. The summed E-state index contributed by atoms with van der Waals surface area (Å²) in [6, 6.07) is 10.9. The number of nitrogens with zero attached hydrogens (tertiary/aromatic N) is 1. The van der Waals surface area contributed by atoms with Crippen LogP contribution in [0.25, 0.3) is 11.3 Å². The molecule has 3 rings (SSSR count). The topological polar surface area (TPSA) is 55.1 Å². The van der Waals surface area contributed by atoms with E-state index in [-0.39, 0.29) is 5.56 Å². The van der Waals surface area contributed by atoms with Crippen LogP contribution in [0.5, 0.6) is 0 Å². The molecule has 0 radical (unpaired) electrons. The molecule has 1 heterocycles. The monoisotopic (exact) mass is 332 g/mol. The molecule has 0 aliphatic carbocycles. The first-order valence-corrected chi connectivity index (χ1v) is 6.91. The number of amides is 1. The molecule has 24 heavy (non-hydrogen) atoms. The largest absolute Gasteiger partial charge is 0.444 e. The number of carbonyl (C=O) groups is 1. The van der Waals surface area contributed by atoms with Crippen molar-refractivity contribution in [2.75, 3.05) is 5.32 Å². The van der Waals surface area contributed by atoms with Crippen LogP contribution in [0.15, 0.2) is 65.5 Å². The Hall–Kier alpha value is -3.09. The third-order valence-corrected chi connectivity index (χ3v) is 3.31. The summed E-state index contributed by atoms with van der Waals surface area (Å²) in [6.07, 6.45) is -1.60. The summed E-state index contributed by atoms with van der Waals surface area (Å²) in [5.74, 6) is 0.0408. The molecule has 3 aromatic rings. The Kier molecular flexibility index (Phi) is 4.07. The molecule has 0 atom stereocenters. The molecular formula is C17H11F3N2O2. The normalized spacial score (nSPS) is 11.3. The standard InChI is InChI=1S/C17H11F3N2O2/c18-17(19,20)13-6-4-11(5-7-13)16(23)22-14-3-1-2-12(8-14)15-9-21-10-24-15/h1-10H,(H,22,23). The van der Waals surface area contributed by atoms with Gasteiger partial charge in [-0.15, -0.1) is 0 Å². The van der Waals surface area contributed by atoms with Gasteiger partial charge in [0.25, 0.3) is 5.91 Å². The second-order valence-corrected chi connectivity index (χ2v) is 4.98.